The molecule has 2 aromatic carbocycles. The average Bonchev–Trinajstić information content (AvgIpc) is 2.53. The molecule has 0 saturated carbocycles. The number of rotatable bonds is 2. The van der Waals surface area contributed by atoms with Gasteiger partial charge in [-0.25, -0.2) is 22.5 Å². The van der Waals surface area contributed by atoms with Crippen LogP contribution in [0.3, 0.4) is 0 Å². The van der Waals surface area contributed by atoms with E-state index in [0.717, 1.165) is 24.3 Å². The molecular weight excluding hydrogens is 362 g/mol. The van der Waals surface area contributed by atoms with Crippen molar-refractivity contribution in [2.24, 2.45) is 4.99 Å². The zero-order valence-corrected chi connectivity index (χ0v) is 13.2. The van der Waals surface area contributed by atoms with E-state index in [2.05, 4.69) is 15.0 Å². The van der Waals surface area contributed by atoms with Crippen LogP contribution in [0.2, 0.25) is 0 Å². The lowest BCUT2D eigenvalue weighted by atomic mass is 10.1. The van der Waals surface area contributed by atoms with Gasteiger partial charge in [-0.1, -0.05) is 12.1 Å². The summed E-state index contributed by atoms with van der Waals surface area (Å²) < 4.78 is 77.0. The summed E-state index contributed by atoms with van der Waals surface area (Å²) in [6.45, 7) is -0.0421. The van der Waals surface area contributed by atoms with Crippen LogP contribution in [-0.4, -0.2) is 14.4 Å². The van der Waals surface area contributed by atoms with E-state index in [1.54, 1.807) is 0 Å². The highest BCUT2D eigenvalue weighted by Gasteiger charge is 2.30. The Bertz CT molecular complexity index is 938. The zero-order chi connectivity index (χ0) is 18.2. The van der Waals surface area contributed by atoms with Crippen LogP contribution >= 0.6 is 0 Å². The van der Waals surface area contributed by atoms with E-state index in [1.165, 1.54) is 18.2 Å². The van der Waals surface area contributed by atoms with Gasteiger partial charge >= 0.3 is 6.18 Å². The molecule has 2 aromatic rings. The Morgan fingerprint density at radius 1 is 1.04 bits per heavy atom. The van der Waals surface area contributed by atoms with Gasteiger partial charge in [-0.3, -0.25) is 0 Å². The third-order valence-corrected chi connectivity index (χ3v) is 4.80. The number of sulfonamides is 1. The van der Waals surface area contributed by atoms with Crippen molar-refractivity contribution in [1.29, 1.82) is 0 Å². The van der Waals surface area contributed by atoms with Crippen molar-refractivity contribution in [2.45, 2.75) is 17.6 Å². The highest BCUT2D eigenvalue weighted by molar-refractivity contribution is 7.90. The fraction of sp³-hybridized carbons (Fsp3) is 0.133. The molecule has 0 aliphatic carbocycles. The summed E-state index contributed by atoms with van der Waals surface area (Å²) in [5.41, 5.74) is -0.158. The summed E-state index contributed by atoms with van der Waals surface area (Å²) in [5.74, 6) is -0.796. The molecule has 0 spiro atoms. The molecule has 0 saturated heterocycles. The SMILES string of the molecule is O=S1(=O)NC(=NCc2ccc(C(F)(F)F)cc2)Nc2ccc(F)cc21. The molecule has 5 nitrogen and oxygen atoms in total. The van der Waals surface area contributed by atoms with Gasteiger partial charge in [0.05, 0.1) is 17.8 Å². The fourth-order valence-electron chi connectivity index (χ4n) is 2.20. The predicted octanol–water partition coefficient (Wildman–Crippen LogP) is 3.10. The first-order chi connectivity index (χ1) is 11.6. The topological polar surface area (TPSA) is 70.6 Å². The monoisotopic (exact) mass is 373 g/mol. The first-order valence-electron chi connectivity index (χ1n) is 6.95. The summed E-state index contributed by atoms with van der Waals surface area (Å²) in [7, 11) is -3.98. The Morgan fingerprint density at radius 3 is 2.36 bits per heavy atom. The maximum absolute atomic E-state index is 13.2. The smallest absolute Gasteiger partial charge is 0.324 e. The third-order valence-electron chi connectivity index (χ3n) is 3.42. The number of fused-ring (bicyclic) bond motifs is 1. The van der Waals surface area contributed by atoms with Gasteiger partial charge in [-0.15, -0.1) is 0 Å². The van der Waals surface area contributed by atoms with Crippen LogP contribution in [-0.2, 0) is 22.7 Å². The molecule has 0 bridgehead atoms. The summed E-state index contributed by atoms with van der Waals surface area (Å²) >= 11 is 0. The molecule has 0 aromatic heterocycles. The van der Waals surface area contributed by atoms with Gasteiger partial charge in [-0.2, -0.15) is 13.2 Å². The molecule has 0 atom stereocenters. The number of halogens is 4. The van der Waals surface area contributed by atoms with Crippen LogP contribution in [0.4, 0.5) is 23.2 Å². The number of nitrogens with one attached hydrogen (secondary N) is 2. The van der Waals surface area contributed by atoms with E-state index in [1.807, 2.05) is 0 Å². The number of nitrogens with zero attached hydrogens (tertiary/aromatic N) is 1. The van der Waals surface area contributed by atoms with Gasteiger partial charge in [0.25, 0.3) is 10.0 Å². The predicted molar refractivity (Wildman–Crippen MR) is 82.9 cm³/mol. The number of benzene rings is 2. The lowest BCUT2D eigenvalue weighted by Crippen LogP contribution is -2.40. The number of anilines is 1. The Balaban J connectivity index is 1.80. The summed E-state index contributed by atoms with van der Waals surface area (Å²) in [6.07, 6.45) is -4.43. The molecule has 0 amide bonds. The van der Waals surface area contributed by atoms with Gasteiger partial charge in [0.1, 0.15) is 10.7 Å². The normalized spacial score (nSPS) is 17.5. The maximum atomic E-state index is 13.2. The van der Waals surface area contributed by atoms with Gasteiger partial charge in [-0.05, 0) is 35.9 Å². The molecule has 3 rings (SSSR count). The van der Waals surface area contributed by atoms with Gasteiger partial charge in [0, 0.05) is 0 Å². The summed E-state index contributed by atoms with van der Waals surface area (Å²) in [5, 5.41) is 2.70. The Kier molecular flexibility index (Phi) is 4.15. The second kappa shape index (κ2) is 6.03. The first-order valence-corrected chi connectivity index (χ1v) is 8.43. The van der Waals surface area contributed by atoms with Crippen LogP contribution in [0.15, 0.2) is 52.4 Å². The van der Waals surface area contributed by atoms with Crippen molar-refractivity contribution in [3.05, 3.63) is 59.4 Å². The van der Waals surface area contributed by atoms with E-state index < -0.39 is 27.6 Å². The van der Waals surface area contributed by atoms with Crippen LogP contribution < -0.4 is 10.0 Å². The largest absolute Gasteiger partial charge is 0.416 e. The molecule has 0 unspecified atom stereocenters. The number of hydrogen-bond acceptors (Lipinski definition) is 3. The lowest BCUT2D eigenvalue weighted by Gasteiger charge is -2.21. The standard InChI is InChI=1S/C15H11F4N3O2S/c16-11-5-6-12-13(7-11)25(23,24)22-14(21-12)20-8-9-1-3-10(4-2-9)15(17,18)19/h1-7H,8H2,(H2,20,21,22). The van der Waals surface area contributed by atoms with Crippen LogP contribution in [0, 0.1) is 5.82 Å². The Hall–Kier alpha value is -2.62. The first kappa shape index (κ1) is 17.2. The van der Waals surface area contributed by atoms with Crippen molar-refractivity contribution in [3.8, 4) is 0 Å². The van der Waals surface area contributed by atoms with Gasteiger partial charge < -0.3 is 5.32 Å². The highest BCUT2D eigenvalue weighted by Crippen LogP contribution is 2.29. The molecule has 0 radical (unpaired) electrons. The van der Waals surface area contributed by atoms with Crippen LogP contribution in [0.25, 0.3) is 0 Å². The molecule has 132 valence electrons. The number of hydrogen-bond donors (Lipinski definition) is 2. The van der Waals surface area contributed by atoms with Crippen molar-refractivity contribution in [3.63, 3.8) is 0 Å². The highest BCUT2D eigenvalue weighted by atomic mass is 32.2. The molecular formula is C15H11F4N3O2S. The van der Waals surface area contributed by atoms with Gasteiger partial charge in [0.15, 0.2) is 0 Å². The minimum Gasteiger partial charge on any atom is -0.324 e. The van der Waals surface area contributed by atoms with Crippen molar-refractivity contribution >= 4 is 21.7 Å². The van der Waals surface area contributed by atoms with Crippen molar-refractivity contribution < 1.29 is 26.0 Å². The minimum absolute atomic E-state index is 0.0421. The van der Waals surface area contributed by atoms with Crippen molar-refractivity contribution in [2.75, 3.05) is 5.32 Å². The number of guanidine groups is 1. The van der Waals surface area contributed by atoms with E-state index in [9.17, 15) is 26.0 Å². The van der Waals surface area contributed by atoms with Crippen LogP contribution in [0.5, 0.6) is 0 Å². The second-order valence-corrected chi connectivity index (χ2v) is 6.88. The van der Waals surface area contributed by atoms with E-state index in [0.29, 0.717) is 5.56 Å². The molecule has 0 fully saturated rings. The molecule has 1 aliphatic rings. The zero-order valence-electron chi connectivity index (χ0n) is 12.4. The Morgan fingerprint density at radius 2 is 1.72 bits per heavy atom. The molecule has 10 heteroatoms. The third kappa shape index (κ3) is 3.73. The maximum Gasteiger partial charge on any atom is 0.416 e. The van der Waals surface area contributed by atoms with E-state index in [4.69, 9.17) is 0 Å². The summed E-state index contributed by atoms with van der Waals surface area (Å²) in [6, 6.07) is 7.59. The average molecular weight is 373 g/mol. The minimum atomic E-state index is -4.43. The van der Waals surface area contributed by atoms with Gasteiger partial charge in [0.2, 0.25) is 5.96 Å². The van der Waals surface area contributed by atoms with E-state index in [-0.39, 0.29) is 23.1 Å². The number of alkyl halides is 3. The lowest BCUT2D eigenvalue weighted by molar-refractivity contribution is -0.137. The summed E-state index contributed by atoms with van der Waals surface area (Å²) in [4.78, 5) is 3.75. The molecule has 1 aliphatic heterocycles. The second-order valence-electron chi connectivity index (χ2n) is 5.23. The number of aliphatic imine (C=N–C) groups is 1. The van der Waals surface area contributed by atoms with Crippen molar-refractivity contribution in [1.82, 2.24) is 4.72 Å². The van der Waals surface area contributed by atoms with Crippen LogP contribution in [0.1, 0.15) is 11.1 Å². The molecule has 1 heterocycles. The fourth-order valence-corrected chi connectivity index (χ4v) is 3.35. The quantitative estimate of drug-likeness (QED) is 0.795. The molecule has 25 heavy (non-hydrogen) atoms. The molecule has 2 N–H and O–H groups in total. The Labute approximate surface area is 140 Å². The van der Waals surface area contributed by atoms with E-state index >= 15 is 0 Å².